The summed E-state index contributed by atoms with van der Waals surface area (Å²) >= 11 is 0. The van der Waals surface area contributed by atoms with Gasteiger partial charge < -0.3 is 14.6 Å². The molecule has 7 heteroatoms. The second-order valence-corrected chi connectivity index (χ2v) is 8.01. The second kappa shape index (κ2) is 8.59. The molecule has 1 amide bonds. The highest BCUT2D eigenvalue weighted by molar-refractivity contribution is 5.93. The highest BCUT2D eigenvalue weighted by Gasteiger charge is 2.68. The lowest BCUT2D eigenvalue weighted by molar-refractivity contribution is -0.137. The van der Waals surface area contributed by atoms with Crippen LogP contribution in [0.25, 0.3) is 0 Å². The minimum atomic E-state index is -0.720. The fourth-order valence-electron chi connectivity index (χ4n) is 4.74. The molecule has 0 spiro atoms. The summed E-state index contributed by atoms with van der Waals surface area (Å²) in [6, 6.07) is 9.14. The van der Waals surface area contributed by atoms with Gasteiger partial charge in [0.2, 0.25) is 0 Å². The smallest absolute Gasteiger partial charge is 0.303 e. The molecule has 152 valence electrons. The average Bonchev–Trinajstić information content (AvgIpc) is 3.32. The SMILES string of the molecule is O=C(O)CCCCCC[C@@H]1[C@H](CNNC(=O)c2ccccc2)[C@H]2O[C@@H]1[C@H]1O[C@H]12. The first-order chi connectivity index (χ1) is 13.6. The quantitative estimate of drug-likeness (QED) is 0.305. The van der Waals surface area contributed by atoms with Gasteiger partial charge in [0.1, 0.15) is 12.2 Å². The zero-order chi connectivity index (χ0) is 19.5. The Morgan fingerprint density at radius 2 is 1.57 bits per heavy atom. The lowest BCUT2D eigenvalue weighted by Gasteiger charge is -2.26. The van der Waals surface area contributed by atoms with E-state index in [9.17, 15) is 9.59 Å². The van der Waals surface area contributed by atoms with Crippen LogP contribution in [0.2, 0.25) is 0 Å². The molecule has 2 bridgehead atoms. The summed E-state index contributed by atoms with van der Waals surface area (Å²) in [6.45, 7) is 0.663. The number of ether oxygens (including phenoxy) is 2. The Hall–Kier alpha value is -1.96. The first-order valence-corrected chi connectivity index (χ1v) is 10.3. The van der Waals surface area contributed by atoms with Gasteiger partial charge in [0, 0.05) is 24.4 Å². The first-order valence-electron chi connectivity index (χ1n) is 10.3. The molecule has 3 fully saturated rings. The minimum Gasteiger partial charge on any atom is -0.481 e. The van der Waals surface area contributed by atoms with E-state index >= 15 is 0 Å². The van der Waals surface area contributed by atoms with E-state index in [0.29, 0.717) is 23.9 Å². The largest absolute Gasteiger partial charge is 0.481 e. The highest BCUT2D eigenvalue weighted by Crippen LogP contribution is 2.54. The molecule has 3 aliphatic heterocycles. The molecule has 3 heterocycles. The molecule has 3 saturated heterocycles. The summed E-state index contributed by atoms with van der Waals surface area (Å²) in [6.07, 6.45) is 5.90. The van der Waals surface area contributed by atoms with E-state index in [-0.39, 0.29) is 36.7 Å². The summed E-state index contributed by atoms with van der Waals surface area (Å²) in [5.74, 6) is -0.111. The van der Waals surface area contributed by atoms with E-state index < -0.39 is 5.97 Å². The molecule has 1 aromatic rings. The number of epoxide rings is 1. The maximum atomic E-state index is 12.2. The number of hydrogen-bond donors (Lipinski definition) is 3. The van der Waals surface area contributed by atoms with E-state index in [4.69, 9.17) is 14.6 Å². The molecular formula is C21H28N2O5. The van der Waals surface area contributed by atoms with E-state index in [1.54, 1.807) is 12.1 Å². The fraction of sp³-hybridized carbons (Fsp3) is 0.619. The van der Waals surface area contributed by atoms with Crippen molar-refractivity contribution in [2.75, 3.05) is 6.54 Å². The number of carboxylic acids is 1. The zero-order valence-corrected chi connectivity index (χ0v) is 15.9. The third-order valence-corrected chi connectivity index (χ3v) is 6.17. The van der Waals surface area contributed by atoms with E-state index in [2.05, 4.69) is 10.9 Å². The summed E-state index contributed by atoms with van der Waals surface area (Å²) in [5, 5.41) is 8.71. The van der Waals surface area contributed by atoms with Crippen molar-refractivity contribution < 1.29 is 24.2 Å². The Kier molecular flexibility index (Phi) is 5.94. The normalized spacial score (nSPS) is 32.1. The van der Waals surface area contributed by atoms with Crippen molar-refractivity contribution in [2.45, 2.75) is 62.9 Å². The Balaban J connectivity index is 1.22. The van der Waals surface area contributed by atoms with Gasteiger partial charge in [0.15, 0.2) is 0 Å². The molecule has 28 heavy (non-hydrogen) atoms. The van der Waals surface area contributed by atoms with Crippen LogP contribution in [-0.2, 0) is 14.3 Å². The number of nitrogens with one attached hydrogen (secondary N) is 2. The molecule has 3 aliphatic rings. The van der Waals surface area contributed by atoms with Crippen LogP contribution in [0.1, 0.15) is 48.9 Å². The van der Waals surface area contributed by atoms with Crippen molar-refractivity contribution in [3.8, 4) is 0 Å². The molecule has 7 nitrogen and oxygen atoms in total. The van der Waals surface area contributed by atoms with Gasteiger partial charge in [-0.3, -0.25) is 15.0 Å². The number of hydrazine groups is 1. The predicted octanol–water partition coefficient (Wildman–Crippen LogP) is 2.13. The van der Waals surface area contributed by atoms with Crippen LogP contribution < -0.4 is 10.9 Å². The van der Waals surface area contributed by atoms with Gasteiger partial charge in [-0.05, 0) is 30.9 Å². The van der Waals surface area contributed by atoms with Crippen molar-refractivity contribution >= 4 is 11.9 Å². The number of carbonyl (C=O) groups is 2. The van der Waals surface area contributed by atoms with Gasteiger partial charge in [0.05, 0.1) is 12.2 Å². The Morgan fingerprint density at radius 1 is 0.893 bits per heavy atom. The van der Waals surface area contributed by atoms with Crippen molar-refractivity contribution in [2.24, 2.45) is 11.8 Å². The van der Waals surface area contributed by atoms with Crippen LogP contribution in [-0.4, -0.2) is 47.9 Å². The third kappa shape index (κ3) is 4.21. The summed E-state index contributed by atoms with van der Waals surface area (Å²) in [4.78, 5) is 22.8. The van der Waals surface area contributed by atoms with Crippen LogP contribution in [0.15, 0.2) is 30.3 Å². The van der Waals surface area contributed by atoms with Crippen molar-refractivity contribution in [1.82, 2.24) is 10.9 Å². The van der Waals surface area contributed by atoms with E-state index in [1.807, 2.05) is 18.2 Å². The van der Waals surface area contributed by atoms with E-state index in [0.717, 1.165) is 32.1 Å². The average molecular weight is 388 g/mol. The molecule has 0 unspecified atom stereocenters. The van der Waals surface area contributed by atoms with Crippen LogP contribution in [0.5, 0.6) is 0 Å². The van der Waals surface area contributed by atoms with Gasteiger partial charge >= 0.3 is 5.97 Å². The number of hydrogen-bond acceptors (Lipinski definition) is 5. The fourth-order valence-corrected chi connectivity index (χ4v) is 4.74. The maximum absolute atomic E-state index is 12.2. The number of benzene rings is 1. The third-order valence-electron chi connectivity index (χ3n) is 6.17. The minimum absolute atomic E-state index is 0.119. The Bertz CT molecular complexity index is 697. The maximum Gasteiger partial charge on any atom is 0.303 e. The van der Waals surface area contributed by atoms with Crippen molar-refractivity contribution in [1.29, 1.82) is 0 Å². The lowest BCUT2D eigenvalue weighted by Crippen LogP contribution is -2.45. The van der Waals surface area contributed by atoms with Gasteiger partial charge in [-0.2, -0.15) is 0 Å². The molecule has 1 aromatic carbocycles. The molecular weight excluding hydrogens is 360 g/mol. The zero-order valence-electron chi connectivity index (χ0n) is 15.9. The molecule has 4 rings (SSSR count). The molecule has 6 atom stereocenters. The number of fused-ring (bicyclic) bond motifs is 5. The van der Waals surface area contributed by atoms with Gasteiger partial charge in [-0.25, -0.2) is 5.43 Å². The molecule has 0 radical (unpaired) electrons. The number of unbranched alkanes of at least 4 members (excludes halogenated alkanes) is 3. The summed E-state index contributed by atoms with van der Waals surface area (Å²) in [5.41, 5.74) is 6.52. The Labute approximate surface area is 164 Å². The monoisotopic (exact) mass is 388 g/mol. The van der Waals surface area contributed by atoms with Crippen LogP contribution in [0.3, 0.4) is 0 Å². The molecule has 0 saturated carbocycles. The number of aliphatic carboxylic acids is 1. The number of carbonyl (C=O) groups excluding carboxylic acids is 1. The summed E-state index contributed by atoms with van der Waals surface area (Å²) < 4.78 is 11.9. The summed E-state index contributed by atoms with van der Waals surface area (Å²) in [7, 11) is 0. The predicted molar refractivity (Wildman–Crippen MR) is 102 cm³/mol. The van der Waals surface area contributed by atoms with Crippen LogP contribution >= 0.6 is 0 Å². The molecule has 3 N–H and O–H groups in total. The lowest BCUT2D eigenvalue weighted by atomic mass is 9.76. The van der Waals surface area contributed by atoms with Crippen LogP contribution in [0, 0.1) is 11.8 Å². The number of rotatable bonds is 11. The molecule has 0 aliphatic carbocycles. The number of carboxylic acid groups (broad SMARTS) is 1. The van der Waals surface area contributed by atoms with Crippen molar-refractivity contribution in [3.05, 3.63) is 35.9 Å². The highest BCUT2D eigenvalue weighted by atomic mass is 16.7. The van der Waals surface area contributed by atoms with Gasteiger partial charge in [-0.1, -0.05) is 37.5 Å². The van der Waals surface area contributed by atoms with Gasteiger partial charge in [0.25, 0.3) is 5.91 Å². The van der Waals surface area contributed by atoms with E-state index in [1.165, 1.54) is 0 Å². The number of amides is 1. The topological polar surface area (TPSA) is 100 Å². The standard InChI is InChI=1S/C21H28N2O5/c24-16(25)11-7-2-1-6-10-14-15(18-20-19(28-20)17(14)27-18)12-22-23-21(26)13-8-4-3-5-9-13/h3-5,8-9,14-15,17-20,22H,1-2,6-7,10-12H2,(H,23,26)(H,24,25)/t14-,15+,17+,18-,19-,20+/m1/s1. The van der Waals surface area contributed by atoms with Gasteiger partial charge in [-0.15, -0.1) is 0 Å². The Morgan fingerprint density at radius 3 is 2.32 bits per heavy atom. The molecule has 0 aromatic heterocycles. The van der Waals surface area contributed by atoms with Crippen molar-refractivity contribution in [3.63, 3.8) is 0 Å². The van der Waals surface area contributed by atoms with Crippen LogP contribution in [0.4, 0.5) is 0 Å². The first kappa shape index (κ1) is 19.4. The second-order valence-electron chi connectivity index (χ2n) is 8.01.